The van der Waals surface area contributed by atoms with E-state index in [1.165, 1.54) is 0 Å². The second kappa shape index (κ2) is 3.29. The van der Waals surface area contributed by atoms with Crippen molar-refractivity contribution in [3.8, 4) is 0 Å². The molecule has 1 rings (SSSR count). The zero-order chi connectivity index (χ0) is 4.41. The Balaban J connectivity index is 0.000000360. The molecule has 4 radical (unpaired) electrons. The summed E-state index contributed by atoms with van der Waals surface area (Å²) in [7, 11) is 0. The van der Waals surface area contributed by atoms with Gasteiger partial charge in [0.05, 0.1) is 0 Å². The van der Waals surface area contributed by atoms with Gasteiger partial charge in [0.2, 0.25) is 5.91 Å². The van der Waals surface area contributed by atoms with Crippen LogP contribution in [-0.2, 0) is 4.79 Å². The fourth-order valence-electron chi connectivity index (χ4n) is 0.565. The van der Waals surface area contributed by atoms with E-state index >= 15 is 0 Å². The fourth-order valence-corrected chi connectivity index (χ4v) is 0.565. The number of hydrogen-bond acceptors (Lipinski definition) is 1. The zero-order valence-corrected chi connectivity index (χ0v) is 6.88. The van der Waals surface area contributed by atoms with Crippen molar-refractivity contribution in [1.29, 1.82) is 0 Å². The van der Waals surface area contributed by atoms with Gasteiger partial charge in [-0.15, -0.1) is 0 Å². The molecule has 0 unspecified atom stereocenters. The molecule has 1 N–H and O–H groups in total. The zero-order valence-electron chi connectivity index (χ0n) is 4.03. The first kappa shape index (κ1) is 7.27. The van der Waals surface area contributed by atoms with Crippen LogP contribution in [-0.4, -0.2) is 36.4 Å². The molecule has 1 aliphatic heterocycles. The molecule has 1 fully saturated rings. The third-order valence-corrected chi connectivity index (χ3v) is 0.903. The molecule has 0 atom stereocenters. The van der Waals surface area contributed by atoms with Gasteiger partial charge in [-0.05, 0) is 6.42 Å². The average Bonchev–Trinajstić information content (AvgIpc) is 1.86. The van der Waals surface area contributed by atoms with Gasteiger partial charge in [0, 0.05) is 36.9 Å². The van der Waals surface area contributed by atoms with Gasteiger partial charge in [-0.3, -0.25) is 4.79 Å². The minimum Gasteiger partial charge on any atom is -0.356 e. The Morgan fingerprint density at radius 2 is 2.29 bits per heavy atom. The normalized spacial score (nSPS) is 18.0. The summed E-state index contributed by atoms with van der Waals surface area (Å²) in [4.78, 5) is 10.1. The number of rotatable bonds is 0. The van der Waals surface area contributed by atoms with Gasteiger partial charge < -0.3 is 5.32 Å². The minimum atomic E-state index is 0. The summed E-state index contributed by atoms with van der Waals surface area (Å²) in [6, 6.07) is 0. The Hall–Kier alpha value is 0.269. The summed E-state index contributed by atoms with van der Waals surface area (Å²) in [5.74, 6) is 0.204. The van der Waals surface area contributed by atoms with E-state index in [4.69, 9.17) is 0 Å². The Morgan fingerprint density at radius 1 is 1.57 bits per heavy atom. The van der Waals surface area contributed by atoms with E-state index in [2.05, 4.69) is 5.32 Å². The Labute approximate surface area is 59.6 Å². The predicted octanol–water partition coefficient (Wildman–Crippen LogP) is -0.484. The summed E-state index contributed by atoms with van der Waals surface area (Å²) in [5.41, 5.74) is 0. The fraction of sp³-hybridized carbons (Fsp3) is 0.750. The number of carbonyl (C=O) groups is 1. The summed E-state index contributed by atoms with van der Waals surface area (Å²) in [6.07, 6.45) is 1.76. The molecule has 38 valence electrons. The van der Waals surface area contributed by atoms with E-state index < -0.39 is 0 Å². The van der Waals surface area contributed by atoms with Crippen LogP contribution >= 0.6 is 0 Å². The molecule has 7 heavy (non-hydrogen) atoms. The molecular weight excluding hydrogens is 197 g/mol. The molecule has 3 heteroatoms. The van der Waals surface area contributed by atoms with Gasteiger partial charge in [-0.25, -0.2) is 0 Å². The molecule has 1 amide bonds. The number of amides is 1. The van der Waals surface area contributed by atoms with Crippen LogP contribution < -0.4 is 5.32 Å². The van der Waals surface area contributed by atoms with Gasteiger partial charge in [-0.1, -0.05) is 0 Å². The smallest absolute Gasteiger partial charge is 0.220 e. The maximum absolute atomic E-state index is 10.1. The van der Waals surface area contributed by atoms with E-state index in [-0.39, 0.29) is 29.8 Å². The third-order valence-electron chi connectivity index (χ3n) is 0.903. The van der Waals surface area contributed by atoms with Crippen LogP contribution in [0.4, 0.5) is 0 Å². The maximum atomic E-state index is 10.1. The summed E-state index contributed by atoms with van der Waals surface area (Å²) in [6.45, 7) is 0.888. The number of hydrogen-bond donors (Lipinski definition) is 1. The minimum absolute atomic E-state index is 0. The number of carbonyl (C=O) groups excluding carboxylic acids is 1. The van der Waals surface area contributed by atoms with Crippen LogP contribution in [0, 0.1) is 0 Å². The van der Waals surface area contributed by atoms with Gasteiger partial charge in [0.25, 0.3) is 0 Å². The topological polar surface area (TPSA) is 29.1 Å². The molecule has 0 aromatic heterocycles. The van der Waals surface area contributed by atoms with E-state index in [1.807, 2.05) is 0 Å². The van der Waals surface area contributed by atoms with Crippen LogP contribution in [0.15, 0.2) is 0 Å². The molecule has 0 aromatic carbocycles. The molecule has 1 saturated heterocycles. The summed E-state index contributed by atoms with van der Waals surface area (Å²) < 4.78 is 0. The maximum Gasteiger partial charge on any atom is 0.220 e. The van der Waals surface area contributed by atoms with Crippen molar-refractivity contribution in [2.24, 2.45) is 0 Å². The second-order valence-corrected chi connectivity index (χ2v) is 1.45. The molecule has 0 bridgehead atoms. The first-order chi connectivity index (χ1) is 2.89. The van der Waals surface area contributed by atoms with Gasteiger partial charge >= 0.3 is 0 Å². The first-order valence-corrected chi connectivity index (χ1v) is 2.16. The second-order valence-electron chi connectivity index (χ2n) is 1.45. The standard InChI is InChI=1S/C4H7NO.Sn/c6-4-2-1-3-5-4;/h1-3H2,(H,5,6);. The molecule has 0 aromatic rings. The molecular formula is C4H7NOSn. The van der Waals surface area contributed by atoms with Gasteiger partial charge in [0.1, 0.15) is 0 Å². The predicted molar refractivity (Wildman–Crippen MR) is 28.0 cm³/mol. The Morgan fingerprint density at radius 3 is 2.43 bits per heavy atom. The molecule has 1 aliphatic rings. The largest absolute Gasteiger partial charge is 0.356 e. The van der Waals surface area contributed by atoms with Crippen LogP contribution in [0.5, 0.6) is 0 Å². The SMILES string of the molecule is O=C1CCCN1.[Sn]. The number of nitrogens with one attached hydrogen (secondary N) is 1. The van der Waals surface area contributed by atoms with Crippen molar-refractivity contribution in [3.05, 3.63) is 0 Å². The van der Waals surface area contributed by atoms with Gasteiger partial charge in [0.15, 0.2) is 0 Å². The Bertz CT molecular complexity index is 66.1. The Kier molecular flexibility index (Phi) is 3.42. The van der Waals surface area contributed by atoms with Crippen molar-refractivity contribution in [2.75, 3.05) is 6.54 Å². The van der Waals surface area contributed by atoms with Crippen molar-refractivity contribution < 1.29 is 4.79 Å². The monoisotopic (exact) mass is 205 g/mol. The molecule has 0 spiro atoms. The van der Waals surface area contributed by atoms with E-state index in [0.717, 1.165) is 19.4 Å². The molecule has 0 aliphatic carbocycles. The van der Waals surface area contributed by atoms with Crippen molar-refractivity contribution in [3.63, 3.8) is 0 Å². The van der Waals surface area contributed by atoms with Crippen molar-refractivity contribution in [2.45, 2.75) is 12.8 Å². The molecule has 1 heterocycles. The average molecular weight is 204 g/mol. The van der Waals surface area contributed by atoms with Crippen LogP contribution in [0.3, 0.4) is 0 Å². The quantitative estimate of drug-likeness (QED) is 0.530. The third kappa shape index (κ3) is 2.16. The molecule has 2 nitrogen and oxygen atoms in total. The summed E-state index contributed by atoms with van der Waals surface area (Å²) in [5, 5.41) is 2.68. The van der Waals surface area contributed by atoms with Crippen LogP contribution in [0.2, 0.25) is 0 Å². The van der Waals surface area contributed by atoms with Crippen molar-refractivity contribution >= 4 is 29.8 Å². The van der Waals surface area contributed by atoms with Crippen LogP contribution in [0.25, 0.3) is 0 Å². The van der Waals surface area contributed by atoms with Gasteiger partial charge in [-0.2, -0.15) is 0 Å². The van der Waals surface area contributed by atoms with Crippen LogP contribution in [0.1, 0.15) is 12.8 Å². The van der Waals surface area contributed by atoms with E-state index in [0.29, 0.717) is 0 Å². The van der Waals surface area contributed by atoms with Crippen molar-refractivity contribution in [1.82, 2.24) is 5.32 Å². The molecule has 0 saturated carbocycles. The summed E-state index contributed by atoms with van der Waals surface area (Å²) >= 11 is 0. The van der Waals surface area contributed by atoms with E-state index in [1.54, 1.807) is 0 Å². The first-order valence-electron chi connectivity index (χ1n) is 2.16. The van der Waals surface area contributed by atoms with E-state index in [9.17, 15) is 4.79 Å².